The molecule has 1 aromatic heterocycles. The zero-order valence-corrected chi connectivity index (χ0v) is 12.2. The van der Waals surface area contributed by atoms with E-state index in [-0.39, 0.29) is 16.6 Å². The maximum Gasteiger partial charge on any atom is 0.246 e. The normalized spacial score (nSPS) is 17.1. The largest absolute Gasteiger partial charge is 0.317 e. The van der Waals surface area contributed by atoms with Gasteiger partial charge < -0.3 is 5.32 Å². The van der Waals surface area contributed by atoms with Gasteiger partial charge in [0.2, 0.25) is 10.0 Å². The Labute approximate surface area is 119 Å². The van der Waals surface area contributed by atoms with Gasteiger partial charge in [-0.2, -0.15) is 9.57 Å². The molecule has 0 saturated carbocycles. The fourth-order valence-electron chi connectivity index (χ4n) is 2.53. The van der Waals surface area contributed by atoms with Crippen LogP contribution in [-0.2, 0) is 10.0 Å². The number of pyridine rings is 1. The van der Waals surface area contributed by atoms with Crippen LogP contribution in [0.25, 0.3) is 0 Å². The van der Waals surface area contributed by atoms with E-state index in [2.05, 4.69) is 10.3 Å². The Morgan fingerprint density at radius 2 is 2.20 bits per heavy atom. The van der Waals surface area contributed by atoms with Gasteiger partial charge in [-0.3, -0.25) is 0 Å². The number of aromatic nitrogens is 1. The zero-order valence-electron chi connectivity index (χ0n) is 11.4. The molecule has 0 amide bonds. The second kappa shape index (κ2) is 6.31. The van der Waals surface area contributed by atoms with E-state index in [1.165, 1.54) is 16.6 Å². The van der Waals surface area contributed by atoms with E-state index < -0.39 is 10.0 Å². The van der Waals surface area contributed by atoms with Crippen molar-refractivity contribution in [1.29, 1.82) is 5.26 Å². The van der Waals surface area contributed by atoms with Gasteiger partial charge in [-0.15, -0.1) is 0 Å². The number of nitriles is 1. The van der Waals surface area contributed by atoms with Gasteiger partial charge in [0.05, 0.1) is 0 Å². The molecular formula is C13H18N4O2S. The van der Waals surface area contributed by atoms with Crippen LogP contribution in [-0.4, -0.2) is 43.4 Å². The van der Waals surface area contributed by atoms with Gasteiger partial charge in [0.25, 0.3) is 0 Å². The lowest BCUT2D eigenvalue weighted by Gasteiger charge is -2.33. The molecule has 0 radical (unpaired) electrons. The molecule has 20 heavy (non-hydrogen) atoms. The van der Waals surface area contributed by atoms with Gasteiger partial charge in [0.1, 0.15) is 11.0 Å². The Bertz CT molecular complexity index is 603. The van der Waals surface area contributed by atoms with Gasteiger partial charge in [0, 0.05) is 18.8 Å². The van der Waals surface area contributed by atoms with Crippen LogP contribution in [0.1, 0.15) is 25.5 Å². The van der Waals surface area contributed by atoms with Gasteiger partial charge >= 0.3 is 0 Å². The number of sulfonamides is 1. The van der Waals surface area contributed by atoms with Crippen molar-refractivity contribution in [3.05, 3.63) is 24.0 Å². The Hall–Kier alpha value is -1.49. The summed E-state index contributed by atoms with van der Waals surface area (Å²) in [6.45, 7) is 3.85. The minimum Gasteiger partial charge on any atom is -0.317 e. The van der Waals surface area contributed by atoms with E-state index in [0.29, 0.717) is 6.54 Å². The fourth-order valence-corrected chi connectivity index (χ4v) is 4.32. The summed E-state index contributed by atoms with van der Waals surface area (Å²) in [6, 6.07) is 4.83. The van der Waals surface area contributed by atoms with Crippen LogP contribution in [0.15, 0.2) is 23.2 Å². The Balaban J connectivity index is 2.39. The van der Waals surface area contributed by atoms with Gasteiger partial charge in [0.15, 0.2) is 5.69 Å². The summed E-state index contributed by atoms with van der Waals surface area (Å²) >= 11 is 0. The van der Waals surface area contributed by atoms with Crippen molar-refractivity contribution in [2.45, 2.75) is 30.7 Å². The molecule has 2 rings (SSSR count). The third kappa shape index (κ3) is 2.82. The first-order valence-electron chi connectivity index (χ1n) is 6.69. The van der Waals surface area contributed by atoms with Crippen molar-refractivity contribution in [3.63, 3.8) is 0 Å². The van der Waals surface area contributed by atoms with Crippen LogP contribution in [0.2, 0.25) is 0 Å². The Morgan fingerprint density at radius 3 is 2.80 bits per heavy atom. The van der Waals surface area contributed by atoms with Crippen molar-refractivity contribution in [3.8, 4) is 6.07 Å². The summed E-state index contributed by atoms with van der Waals surface area (Å²) in [5.41, 5.74) is -0.0418. The molecule has 0 spiro atoms. The number of hydrogen-bond acceptors (Lipinski definition) is 5. The molecule has 1 aliphatic rings. The van der Waals surface area contributed by atoms with Crippen LogP contribution >= 0.6 is 0 Å². The van der Waals surface area contributed by atoms with Crippen LogP contribution in [0.5, 0.6) is 0 Å². The summed E-state index contributed by atoms with van der Waals surface area (Å²) in [6.07, 6.45) is 3.00. The summed E-state index contributed by atoms with van der Waals surface area (Å²) in [5, 5.41) is 12.3. The molecule has 0 bridgehead atoms. The lowest BCUT2D eigenvalue weighted by Crippen LogP contribution is -2.46. The van der Waals surface area contributed by atoms with Gasteiger partial charge in [-0.05, 0) is 38.1 Å². The second-order valence-corrected chi connectivity index (χ2v) is 6.51. The van der Waals surface area contributed by atoms with Gasteiger partial charge in [-0.1, -0.05) is 6.92 Å². The maximum absolute atomic E-state index is 12.8. The van der Waals surface area contributed by atoms with E-state index in [4.69, 9.17) is 5.26 Å². The van der Waals surface area contributed by atoms with E-state index in [0.717, 1.165) is 25.9 Å². The molecule has 1 aliphatic heterocycles. The molecule has 108 valence electrons. The molecule has 1 saturated heterocycles. The molecule has 7 heteroatoms. The van der Waals surface area contributed by atoms with E-state index in [1.807, 2.05) is 13.0 Å². The Kier molecular flexibility index (Phi) is 4.70. The van der Waals surface area contributed by atoms with Crippen molar-refractivity contribution in [2.24, 2.45) is 0 Å². The molecule has 0 aromatic carbocycles. The zero-order chi connectivity index (χ0) is 14.6. The highest BCUT2D eigenvalue weighted by molar-refractivity contribution is 7.89. The molecule has 2 heterocycles. The second-order valence-electron chi connectivity index (χ2n) is 4.65. The number of nitrogens with zero attached hydrogens (tertiary/aromatic N) is 3. The highest BCUT2D eigenvalue weighted by Gasteiger charge is 2.32. The predicted molar refractivity (Wildman–Crippen MR) is 74.4 cm³/mol. The van der Waals surface area contributed by atoms with Crippen LogP contribution < -0.4 is 5.32 Å². The molecule has 1 N–H and O–H groups in total. The number of nitrogens with one attached hydrogen (secondary N) is 1. The first kappa shape index (κ1) is 14.9. The molecular weight excluding hydrogens is 276 g/mol. The van der Waals surface area contributed by atoms with E-state index in [9.17, 15) is 8.42 Å². The lowest BCUT2D eigenvalue weighted by atomic mass is 10.1. The van der Waals surface area contributed by atoms with Crippen LogP contribution in [0.4, 0.5) is 0 Å². The minimum absolute atomic E-state index is 0.00267. The summed E-state index contributed by atoms with van der Waals surface area (Å²) < 4.78 is 27.0. The SMILES string of the molecule is CCN(C1CCNCC1)S(=O)(=O)c1cccnc1C#N. The smallest absolute Gasteiger partial charge is 0.246 e. The molecule has 0 atom stereocenters. The van der Waals surface area contributed by atoms with Crippen LogP contribution in [0, 0.1) is 11.3 Å². The van der Waals surface area contributed by atoms with Crippen molar-refractivity contribution in [2.75, 3.05) is 19.6 Å². The summed E-state index contributed by atoms with van der Waals surface area (Å²) in [4.78, 5) is 3.85. The standard InChI is InChI=1S/C13H18N4O2S/c1-2-17(11-5-8-15-9-6-11)20(18,19)13-4-3-7-16-12(13)10-14/h3-4,7,11,15H,2,5-6,8-9H2,1H3. The summed E-state index contributed by atoms with van der Waals surface area (Å²) in [7, 11) is -3.67. The highest BCUT2D eigenvalue weighted by atomic mass is 32.2. The predicted octanol–water partition coefficient (Wildman–Crippen LogP) is 0.716. The van der Waals surface area contributed by atoms with E-state index >= 15 is 0 Å². The summed E-state index contributed by atoms with van der Waals surface area (Å²) in [5.74, 6) is 0. The lowest BCUT2D eigenvalue weighted by molar-refractivity contribution is 0.270. The maximum atomic E-state index is 12.8. The van der Waals surface area contributed by atoms with Crippen molar-refractivity contribution >= 4 is 10.0 Å². The topological polar surface area (TPSA) is 86.1 Å². The van der Waals surface area contributed by atoms with E-state index in [1.54, 1.807) is 6.07 Å². The first-order valence-corrected chi connectivity index (χ1v) is 8.13. The van der Waals surface area contributed by atoms with Crippen LogP contribution in [0.3, 0.4) is 0 Å². The molecule has 6 nitrogen and oxygen atoms in total. The van der Waals surface area contributed by atoms with Crippen molar-refractivity contribution in [1.82, 2.24) is 14.6 Å². The van der Waals surface area contributed by atoms with Gasteiger partial charge in [-0.25, -0.2) is 13.4 Å². The van der Waals surface area contributed by atoms with Crippen molar-refractivity contribution < 1.29 is 8.42 Å². The highest BCUT2D eigenvalue weighted by Crippen LogP contribution is 2.23. The first-order chi connectivity index (χ1) is 9.61. The number of rotatable bonds is 4. The monoisotopic (exact) mass is 294 g/mol. The molecule has 0 aliphatic carbocycles. The molecule has 1 aromatic rings. The minimum atomic E-state index is -3.67. The molecule has 1 fully saturated rings. The fraction of sp³-hybridized carbons (Fsp3) is 0.538. The quantitative estimate of drug-likeness (QED) is 0.884. The molecule has 0 unspecified atom stereocenters. The number of piperidine rings is 1. The average Bonchev–Trinajstić information content (AvgIpc) is 2.48. The number of hydrogen-bond donors (Lipinski definition) is 1. The average molecular weight is 294 g/mol. The third-order valence-electron chi connectivity index (χ3n) is 3.49. The third-order valence-corrected chi connectivity index (χ3v) is 5.55. The Morgan fingerprint density at radius 1 is 1.50 bits per heavy atom.